The van der Waals surface area contributed by atoms with Crippen LogP contribution in [0.25, 0.3) is 10.9 Å². The lowest BCUT2D eigenvalue weighted by Crippen LogP contribution is -2.49. The molecule has 0 radical (unpaired) electrons. The van der Waals surface area contributed by atoms with E-state index >= 15 is 0 Å². The van der Waals surface area contributed by atoms with Crippen LogP contribution in [0.4, 0.5) is 0 Å². The van der Waals surface area contributed by atoms with Crippen LogP contribution in [0.15, 0.2) is 47.5 Å². The van der Waals surface area contributed by atoms with Crippen molar-refractivity contribution in [1.29, 1.82) is 0 Å². The fourth-order valence-electron chi connectivity index (χ4n) is 6.56. The molecule has 0 amide bonds. The van der Waals surface area contributed by atoms with Crippen LogP contribution in [0.5, 0.6) is 0 Å². The summed E-state index contributed by atoms with van der Waals surface area (Å²) in [7, 11) is 1.68. The molecule has 1 aromatic carbocycles. The Balaban J connectivity index is 1.46. The van der Waals surface area contributed by atoms with Gasteiger partial charge < -0.3 is 36.0 Å². The number of allylic oxidation sites excluding steroid dienone is 1. The first kappa shape index (κ1) is 27.6. The summed E-state index contributed by atoms with van der Waals surface area (Å²) in [5.74, 6) is 0.320. The van der Waals surface area contributed by atoms with E-state index in [0.717, 1.165) is 29.6 Å². The standard InChI is InChI=1S/C29H44N4O4/c1-19(15-22-16-21-7-4-5-8-25(21)33-22)20-9-10-28(2,36)23-18-26(35)29(37,24(23)17-20)11-13-32-27(30-3)31-12-6-14-34/h4-5,7-8,16,20,23-24,26,33-37H,1,6,9-15,17-18H2,2-3H3,(H2,30,31,32). The van der Waals surface area contributed by atoms with E-state index in [1.54, 1.807) is 7.05 Å². The van der Waals surface area contributed by atoms with Gasteiger partial charge in [0.05, 0.1) is 17.3 Å². The van der Waals surface area contributed by atoms with Gasteiger partial charge in [0, 0.05) is 44.4 Å². The minimum absolute atomic E-state index is 0.103. The zero-order valence-corrected chi connectivity index (χ0v) is 22.2. The second-order valence-corrected chi connectivity index (χ2v) is 11.3. The molecule has 8 heteroatoms. The second-order valence-electron chi connectivity index (χ2n) is 11.3. The predicted molar refractivity (Wildman–Crippen MR) is 147 cm³/mol. The lowest BCUT2D eigenvalue weighted by atomic mass is 9.73. The molecule has 0 saturated heterocycles. The number of benzene rings is 1. The lowest BCUT2D eigenvalue weighted by molar-refractivity contribution is -0.0997. The predicted octanol–water partition coefficient (Wildman–Crippen LogP) is 2.48. The number of nitrogens with one attached hydrogen (secondary N) is 3. The summed E-state index contributed by atoms with van der Waals surface area (Å²) in [5.41, 5.74) is 1.05. The summed E-state index contributed by atoms with van der Waals surface area (Å²) in [6.07, 6.45) is 3.28. The van der Waals surface area contributed by atoms with E-state index in [-0.39, 0.29) is 24.4 Å². The lowest BCUT2D eigenvalue weighted by Gasteiger charge is -2.38. The molecule has 1 heterocycles. The maximum atomic E-state index is 11.9. The minimum Gasteiger partial charge on any atom is -0.396 e. The van der Waals surface area contributed by atoms with Gasteiger partial charge in [0.1, 0.15) is 0 Å². The van der Waals surface area contributed by atoms with Crippen LogP contribution in [0.2, 0.25) is 0 Å². The quantitative estimate of drug-likeness (QED) is 0.120. The van der Waals surface area contributed by atoms with Gasteiger partial charge >= 0.3 is 0 Å². The SMILES string of the molecule is C=C(Cc1cc2ccccc2[nH]1)C1CCC(C)(O)C2CC(O)C(O)(CCNC(=NC)NCCCO)C2C1. The number of aliphatic hydroxyl groups is 4. The Morgan fingerprint density at radius 2 is 1.92 bits per heavy atom. The molecular weight excluding hydrogens is 468 g/mol. The molecule has 1 aromatic heterocycles. The number of H-pyrrole nitrogens is 1. The fourth-order valence-corrected chi connectivity index (χ4v) is 6.56. The van der Waals surface area contributed by atoms with Gasteiger partial charge in [-0.2, -0.15) is 0 Å². The average molecular weight is 513 g/mol. The van der Waals surface area contributed by atoms with E-state index in [1.165, 1.54) is 5.39 Å². The zero-order chi connectivity index (χ0) is 26.6. The molecule has 4 rings (SSSR count). The number of aromatic amines is 1. The first-order valence-electron chi connectivity index (χ1n) is 13.6. The molecule has 2 saturated carbocycles. The molecule has 6 unspecified atom stereocenters. The van der Waals surface area contributed by atoms with Crippen LogP contribution in [0.3, 0.4) is 0 Å². The number of fused-ring (bicyclic) bond motifs is 2. The van der Waals surface area contributed by atoms with Crippen LogP contribution >= 0.6 is 0 Å². The Hall–Kier alpha value is -2.39. The number of nitrogens with zero attached hydrogens (tertiary/aromatic N) is 1. The Labute approximate surface area is 219 Å². The number of hydrogen-bond donors (Lipinski definition) is 7. The van der Waals surface area contributed by atoms with E-state index in [4.69, 9.17) is 5.11 Å². The molecular formula is C29H44N4O4. The summed E-state index contributed by atoms with van der Waals surface area (Å²) >= 11 is 0. The normalized spacial score (nSPS) is 32.2. The Morgan fingerprint density at radius 1 is 1.16 bits per heavy atom. The van der Waals surface area contributed by atoms with E-state index in [1.807, 2.05) is 19.1 Å². The number of aliphatic hydroxyl groups excluding tert-OH is 2. The van der Waals surface area contributed by atoms with E-state index < -0.39 is 17.3 Å². The summed E-state index contributed by atoms with van der Waals surface area (Å²) in [6, 6.07) is 10.4. The molecule has 0 spiro atoms. The Kier molecular flexibility index (Phi) is 8.63. The maximum Gasteiger partial charge on any atom is 0.190 e. The monoisotopic (exact) mass is 512 g/mol. The van der Waals surface area contributed by atoms with Crippen molar-refractivity contribution < 1.29 is 20.4 Å². The van der Waals surface area contributed by atoms with Gasteiger partial charge in [0.25, 0.3) is 0 Å². The summed E-state index contributed by atoms with van der Waals surface area (Å²) < 4.78 is 0. The van der Waals surface area contributed by atoms with Crippen molar-refractivity contribution in [3.05, 3.63) is 48.2 Å². The summed E-state index contributed by atoms with van der Waals surface area (Å²) in [4.78, 5) is 7.68. The maximum absolute atomic E-state index is 11.9. The molecule has 6 atom stereocenters. The molecule has 2 aliphatic rings. The molecule has 204 valence electrons. The van der Waals surface area contributed by atoms with Gasteiger partial charge in [-0.25, -0.2) is 0 Å². The van der Waals surface area contributed by atoms with Gasteiger partial charge in [-0.15, -0.1) is 0 Å². The highest BCUT2D eigenvalue weighted by atomic mass is 16.3. The van der Waals surface area contributed by atoms with Crippen molar-refractivity contribution in [2.24, 2.45) is 22.7 Å². The van der Waals surface area contributed by atoms with Gasteiger partial charge in [-0.05, 0) is 80.7 Å². The molecule has 7 N–H and O–H groups in total. The smallest absolute Gasteiger partial charge is 0.190 e. The second kappa shape index (κ2) is 11.6. The molecule has 37 heavy (non-hydrogen) atoms. The topological polar surface area (TPSA) is 133 Å². The summed E-state index contributed by atoms with van der Waals surface area (Å²) in [5, 5.41) is 50.8. The Bertz CT molecular complexity index is 1060. The van der Waals surface area contributed by atoms with Crippen LogP contribution < -0.4 is 10.6 Å². The van der Waals surface area contributed by atoms with Crippen molar-refractivity contribution in [3.8, 4) is 0 Å². The van der Waals surface area contributed by atoms with Crippen molar-refractivity contribution in [1.82, 2.24) is 15.6 Å². The number of hydrogen-bond acceptors (Lipinski definition) is 5. The van der Waals surface area contributed by atoms with Gasteiger partial charge in [-0.1, -0.05) is 30.4 Å². The molecule has 8 nitrogen and oxygen atoms in total. The van der Waals surface area contributed by atoms with Crippen LogP contribution in [-0.2, 0) is 6.42 Å². The number of guanidine groups is 1. The largest absolute Gasteiger partial charge is 0.396 e. The zero-order valence-electron chi connectivity index (χ0n) is 22.2. The van der Waals surface area contributed by atoms with E-state index in [0.29, 0.717) is 51.2 Å². The first-order chi connectivity index (χ1) is 17.7. The molecule has 0 bridgehead atoms. The third-order valence-corrected chi connectivity index (χ3v) is 8.77. The Morgan fingerprint density at radius 3 is 2.65 bits per heavy atom. The van der Waals surface area contributed by atoms with Crippen LogP contribution in [0, 0.1) is 17.8 Å². The molecule has 2 aliphatic carbocycles. The molecule has 2 fully saturated rings. The van der Waals surface area contributed by atoms with Crippen molar-refractivity contribution in [2.75, 3.05) is 26.7 Å². The van der Waals surface area contributed by atoms with Gasteiger partial charge in [0.15, 0.2) is 5.96 Å². The number of aliphatic imine (C=N–C) groups is 1. The van der Waals surface area contributed by atoms with Gasteiger partial charge in [-0.3, -0.25) is 4.99 Å². The highest BCUT2D eigenvalue weighted by Crippen LogP contribution is 2.54. The fraction of sp³-hybridized carbons (Fsp3) is 0.621. The third-order valence-electron chi connectivity index (χ3n) is 8.77. The highest BCUT2D eigenvalue weighted by molar-refractivity contribution is 5.80. The minimum atomic E-state index is -1.31. The summed E-state index contributed by atoms with van der Waals surface area (Å²) in [6.45, 7) is 7.43. The molecule has 2 aromatic rings. The number of para-hydroxylation sites is 1. The molecule has 0 aliphatic heterocycles. The van der Waals surface area contributed by atoms with Crippen molar-refractivity contribution in [3.63, 3.8) is 0 Å². The number of rotatable bonds is 9. The van der Waals surface area contributed by atoms with E-state index in [2.05, 4.69) is 45.4 Å². The van der Waals surface area contributed by atoms with E-state index in [9.17, 15) is 15.3 Å². The first-order valence-corrected chi connectivity index (χ1v) is 13.6. The van der Waals surface area contributed by atoms with Crippen molar-refractivity contribution in [2.45, 2.75) is 69.2 Å². The third kappa shape index (κ3) is 6.03. The number of aromatic nitrogens is 1. The van der Waals surface area contributed by atoms with Crippen LogP contribution in [-0.4, -0.2) is 75.4 Å². The van der Waals surface area contributed by atoms with Crippen molar-refractivity contribution >= 4 is 16.9 Å². The average Bonchev–Trinajstić information content (AvgIpc) is 3.34. The highest BCUT2D eigenvalue weighted by Gasteiger charge is 2.59. The van der Waals surface area contributed by atoms with Gasteiger partial charge in [0.2, 0.25) is 0 Å². The van der Waals surface area contributed by atoms with Crippen LogP contribution in [0.1, 0.15) is 51.1 Å².